The summed E-state index contributed by atoms with van der Waals surface area (Å²) in [5, 5.41) is 3.11. The van der Waals surface area contributed by atoms with Crippen LogP contribution in [-0.4, -0.2) is 54.1 Å². The summed E-state index contributed by atoms with van der Waals surface area (Å²) in [5.41, 5.74) is 0.995. The molecule has 2 rings (SSSR count). The monoisotopic (exact) mass is 249 g/mol. The van der Waals surface area contributed by atoms with Gasteiger partial charge in [-0.25, -0.2) is 4.98 Å². The maximum Gasteiger partial charge on any atom is 0.147 e. The molecule has 0 radical (unpaired) electrons. The Kier molecular flexibility index (Phi) is 4.14. The zero-order chi connectivity index (χ0) is 13.1. The number of nitrogens with one attached hydrogen (secondary N) is 1. The fraction of sp³-hybridized carbons (Fsp3) is 0.692. The molecule has 1 N–H and O–H groups in total. The Morgan fingerprint density at radius 2 is 1.94 bits per heavy atom. The van der Waals surface area contributed by atoms with Gasteiger partial charge in [-0.3, -0.25) is 9.88 Å². The Labute approximate surface area is 109 Å². The number of likely N-dealkylation sites (N-methyl/N-ethyl adjacent to an activating group) is 1. The summed E-state index contributed by atoms with van der Waals surface area (Å²) < 4.78 is 0. The lowest BCUT2D eigenvalue weighted by molar-refractivity contribution is 0.169. The number of piperazine rings is 1. The van der Waals surface area contributed by atoms with Gasteiger partial charge in [0.1, 0.15) is 5.82 Å². The highest BCUT2D eigenvalue weighted by atomic mass is 15.3. The third-order valence-electron chi connectivity index (χ3n) is 3.71. The van der Waals surface area contributed by atoms with Crippen molar-refractivity contribution in [2.45, 2.75) is 32.5 Å². The molecule has 1 aromatic heterocycles. The predicted octanol–water partition coefficient (Wildman–Crippen LogP) is 0.725. The molecule has 0 spiro atoms. The molecule has 2 heterocycles. The summed E-state index contributed by atoms with van der Waals surface area (Å²) in [6.07, 6.45) is 3.69. The van der Waals surface area contributed by atoms with Gasteiger partial charge >= 0.3 is 0 Å². The first-order valence-electron chi connectivity index (χ1n) is 6.54. The molecule has 1 saturated heterocycles. The molecule has 1 aliphatic heterocycles. The summed E-state index contributed by atoms with van der Waals surface area (Å²) in [7, 11) is 4.12. The SMILES string of the molecule is CNCc1cncc(N2CC(C)N(C)C(C)C2)n1. The van der Waals surface area contributed by atoms with Crippen LogP contribution in [0.25, 0.3) is 0 Å². The van der Waals surface area contributed by atoms with Crippen molar-refractivity contribution in [1.82, 2.24) is 20.2 Å². The molecule has 1 aliphatic rings. The molecular weight excluding hydrogens is 226 g/mol. The summed E-state index contributed by atoms with van der Waals surface area (Å²) in [5.74, 6) is 0.995. The minimum atomic E-state index is 0.545. The first kappa shape index (κ1) is 13.2. The van der Waals surface area contributed by atoms with Crippen molar-refractivity contribution in [2.75, 3.05) is 32.1 Å². The van der Waals surface area contributed by atoms with E-state index in [-0.39, 0.29) is 0 Å². The minimum Gasteiger partial charge on any atom is -0.352 e. The molecule has 0 aliphatic carbocycles. The first-order chi connectivity index (χ1) is 8.61. The lowest BCUT2D eigenvalue weighted by Gasteiger charge is -2.42. The van der Waals surface area contributed by atoms with Crippen LogP contribution in [0.3, 0.4) is 0 Å². The molecule has 0 amide bonds. The van der Waals surface area contributed by atoms with Gasteiger partial charge in [0.2, 0.25) is 0 Å². The van der Waals surface area contributed by atoms with Gasteiger partial charge in [-0.05, 0) is 27.9 Å². The highest BCUT2D eigenvalue weighted by molar-refractivity contribution is 5.37. The average Bonchev–Trinajstić information content (AvgIpc) is 2.36. The molecule has 5 heteroatoms. The first-order valence-corrected chi connectivity index (χ1v) is 6.54. The third kappa shape index (κ3) is 2.79. The van der Waals surface area contributed by atoms with E-state index in [1.54, 1.807) is 0 Å². The van der Waals surface area contributed by atoms with Crippen LogP contribution in [-0.2, 0) is 6.54 Å². The van der Waals surface area contributed by atoms with Crippen LogP contribution in [0.2, 0.25) is 0 Å². The quantitative estimate of drug-likeness (QED) is 0.855. The fourth-order valence-electron chi connectivity index (χ4n) is 2.40. The average molecular weight is 249 g/mol. The summed E-state index contributed by atoms with van der Waals surface area (Å²) in [4.78, 5) is 13.7. The second kappa shape index (κ2) is 5.63. The molecule has 100 valence electrons. The van der Waals surface area contributed by atoms with Crippen LogP contribution >= 0.6 is 0 Å². The van der Waals surface area contributed by atoms with Crippen molar-refractivity contribution < 1.29 is 0 Å². The lowest BCUT2D eigenvalue weighted by Crippen LogP contribution is -2.55. The number of hydrogen-bond donors (Lipinski definition) is 1. The van der Waals surface area contributed by atoms with E-state index in [1.807, 2.05) is 19.4 Å². The Morgan fingerprint density at radius 1 is 1.28 bits per heavy atom. The number of anilines is 1. The molecule has 0 aromatic carbocycles. The predicted molar refractivity (Wildman–Crippen MR) is 73.7 cm³/mol. The van der Waals surface area contributed by atoms with E-state index in [9.17, 15) is 0 Å². The minimum absolute atomic E-state index is 0.545. The second-order valence-corrected chi connectivity index (χ2v) is 5.17. The Bertz CT molecular complexity index is 383. The molecule has 0 bridgehead atoms. The molecule has 0 saturated carbocycles. The van der Waals surface area contributed by atoms with Crippen molar-refractivity contribution in [1.29, 1.82) is 0 Å². The van der Waals surface area contributed by atoms with Crippen molar-refractivity contribution >= 4 is 5.82 Å². The van der Waals surface area contributed by atoms with E-state index in [0.717, 1.165) is 31.1 Å². The Balaban J connectivity index is 2.13. The van der Waals surface area contributed by atoms with Crippen molar-refractivity contribution in [3.8, 4) is 0 Å². The van der Waals surface area contributed by atoms with Crippen LogP contribution in [0.15, 0.2) is 12.4 Å². The summed E-state index contributed by atoms with van der Waals surface area (Å²) >= 11 is 0. The van der Waals surface area contributed by atoms with E-state index in [0.29, 0.717) is 12.1 Å². The van der Waals surface area contributed by atoms with E-state index >= 15 is 0 Å². The normalized spacial score (nSPS) is 25.4. The van der Waals surface area contributed by atoms with Crippen LogP contribution in [0.4, 0.5) is 5.82 Å². The van der Waals surface area contributed by atoms with Crippen LogP contribution in [0, 0.1) is 0 Å². The molecular formula is C13H23N5. The number of aromatic nitrogens is 2. The molecule has 2 atom stereocenters. The van der Waals surface area contributed by atoms with Gasteiger partial charge in [-0.1, -0.05) is 0 Å². The Hall–Kier alpha value is -1.20. The van der Waals surface area contributed by atoms with Crippen LogP contribution in [0.5, 0.6) is 0 Å². The number of nitrogens with zero attached hydrogens (tertiary/aromatic N) is 4. The second-order valence-electron chi connectivity index (χ2n) is 5.17. The van der Waals surface area contributed by atoms with Gasteiger partial charge in [0.15, 0.2) is 0 Å². The largest absolute Gasteiger partial charge is 0.352 e. The van der Waals surface area contributed by atoms with E-state index in [2.05, 4.69) is 46.0 Å². The smallest absolute Gasteiger partial charge is 0.147 e. The summed E-state index contributed by atoms with van der Waals surface area (Å²) in [6.45, 7) is 7.30. The molecule has 5 nitrogen and oxygen atoms in total. The number of rotatable bonds is 3. The Morgan fingerprint density at radius 3 is 2.56 bits per heavy atom. The zero-order valence-corrected chi connectivity index (χ0v) is 11.7. The standard InChI is InChI=1S/C13H23N5/c1-10-8-18(9-11(2)17(10)4)13-7-15-6-12(16-13)5-14-3/h6-7,10-11,14H,5,8-9H2,1-4H3. The van der Waals surface area contributed by atoms with E-state index in [1.165, 1.54) is 0 Å². The van der Waals surface area contributed by atoms with E-state index < -0.39 is 0 Å². The van der Waals surface area contributed by atoms with Crippen LogP contribution in [0.1, 0.15) is 19.5 Å². The highest BCUT2D eigenvalue weighted by Crippen LogP contribution is 2.19. The van der Waals surface area contributed by atoms with Gasteiger partial charge in [0.25, 0.3) is 0 Å². The van der Waals surface area contributed by atoms with Crippen molar-refractivity contribution in [3.63, 3.8) is 0 Å². The fourth-order valence-corrected chi connectivity index (χ4v) is 2.40. The van der Waals surface area contributed by atoms with Gasteiger partial charge in [0.05, 0.1) is 11.9 Å². The molecule has 1 aromatic rings. The van der Waals surface area contributed by atoms with Gasteiger partial charge < -0.3 is 10.2 Å². The highest BCUT2D eigenvalue weighted by Gasteiger charge is 2.27. The zero-order valence-electron chi connectivity index (χ0n) is 11.7. The molecule has 1 fully saturated rings. The van der Waals surface area contributed by atoms with Crippen molar-refractivity contribution in [3.05, 3.63) is 18.1 Å². The molecule has 2 unspecified atom stereocenters. The van der Waals surface area contributed by atoms with Crippen molar-refractivity contribution in [2.24, 2.45) is 0 Å². The maximum atomic E-state index is 4.66. The van der Waals surface area contributed by atoms with E-state index in [4.69, 9.17) is 0 Å². The topological polar surface area (TPSA) is 44.3 Å². The molecule has 18 heavy (non-hydrogen) atoms. The van der Waals surface area contributed by atoms with Crippen LogP contribution < -0.4 is 10.2 Å². The third-order valence-corrected chi connectivity index (χ3v) is 3.71. The lowest BCUT2D eigenvalue weighted by atomic mass is 10.1. The number of hydrogen-bond acceptors (Lipinski definition) is 5. The van der Waals surface area contributed by atoms with Gasteiger partial charge in [-0.2, -0.15) is 0 Å². The maximum absolute atomic E-state index is 4.66. The summed E-state index contributed by atoms with van der Waals surface area (Å²) in [6, 6.07) is 1.09. The van der Waals surface area contributed by atoms with Gasteiger partial charge in [-0.15, -0.1) is 0 Å². The van der Waals surface area contributed by atoms with Gasteiger partial charge in [0, 0.05) is 37.9 Å².